The van der Waals surface area contributed by atoms with Gasteiger partial charge in [-0.1, -0.05) is 27.7 Å². The standard InChI is InChI=1S/C12H7Br2NO2S/c13-8-1-6-12(11(14)7-8)18-10-4-2-9(3-5-10)15(16)17/h1-7H. The molecule has 2 aromatic rings. The van der Waals surface area contributed by atoms with Gasteiger partial charge in [-0.05, 0) is 46.3 Å². The molecule has 92 valence electrons. The highest BCUT2D eigenvalue weighted by Crippen LogP contribution is 2.35. The van der Waals surface area contributed by atoms with E-state index in [1.165, 1.54) is 12.1 Å². The molecule has 0 aliphatic heterocycles. The highest BCUT2D eigenvalue weighted by molar-refractivity contribution is 9.11. The van der Waals surface area contributed by atoms with Crippen molar-refractivity contribution >= 4 is 49.3 Å². The number of benzene rings is 2. The van der Waals surface area contributed by atoms with Crippen molar-refractivity contribution in [2.45, 2.75) is 9.79 Å². The lowest BCUT2D eigenvalue weighted by Gasteiger charge is -2.04. The van der Waals surface area contributed by atoms with Crippen molar-refractivity contribution in [3.8, 4) is 0 Å². The van der Waals surface area contributed by atoms with Crippen molar-refractivity contribution in [3.05, 3.63) is 61.5 Å². The fourth-order valence-corrected chi connectivity index (χ4v) is 3.43. The number of nitrogens with zero attached hydrogens (tertiary/aromatic N) is 1. The first kappa shape index (κ1) is 13.6. The Balaban J connectivity index is 2.21. The zero-order chi connectivity index (χ0) is 13.1. The molecule has 0 aliphatic carbocycles. The van der Waals surface area contributed by atoms with Gasteiger partial charge < -0.3 is 0 Å². The minimum Gasteiger partial charge on any atom is -0.258 e. The van der Waals surface area contributed by atoms with Crippen LogP contribution in [0.1, 0.15) is 0 Å². The Bertz CT molecular complexity index is 587. The van der Waals surface area contributed by atoms with E-state index < -0.39 is 4.92 Å². The molecule has 0 spiro atoms. The molecule has 0 bridgehead atoms. The number of non-ortho nitro benzene ring substituents is 1. The molecule has 0 amide bonds. The first-order valence-electron chi connectivity index (χ1n) is 4.93. The Labute approximate surface area is 125 Å². The second-order valence-corrected chi connectivity index (χ2v) is 6.31. The quantitative estimate of drug-likeness (QED) is 0.531. The SMILES string of the molecule is O=[N+]([O-])c1ccc(Sc2ccc(Br)cc2Br)cc1. The highest BCUT2D eigenvalue weighted by Gasteiger charge is 2.06. The average Bonchev–Trinajstić information content (AvgIpc) is 2.33. The highest BCUT2D eigenvalue weighted by atomic mass is 79.9. The van der Waals surface area contributed by atoms with E-state index in [0.29, 0.717) is 0 Å². The van der Waals surface area contributed by atoms with E-state index in [1.54, 1.807) is 23.9 Å². The lowest BCUT2D eigenvalue weighted by molar-refractivity contribution is -0.384. The van der Waals surface area contributed by atoms with Crippen molar-refractivity contribution in [1.29, 1.82) is 0 Å². The Hall–Kier alpha value is -0.850. The van der Waals surface area contributed by atoms with E-state index in [1.807, 2.05) is 18.2 Å². The van der Waals surface area contributed by atoms with Gasteiger partial charge >= 0.3 is 0 Å². The van der Waals surface area contributed by atoms with Crippen molar-refractivity contribution in [1.82, 2.24) is 0 Å². The van der Waals surface area contributed by atoms with Gasteiger partial charge in [0, 0.05) is 30.9 Å². The summed E-state index contributed by atoms with van der Waals surface area (Å²) in [5.41, 5.74) is 0.106. The van der Waals surface area contributed by atoms with Crippen molar-refractivity contribution < 1.29 is 4.92 Å². The van der Waals surface area contributed by atoms with E-state index >= 15 is 0 Å². The van der Waals surface area contributed by atoms with Gasteiger partial charge in [0.1, 0.15) is 0 Å². The molecule has 2 aromatic carbocycles. The zero-order valence-corrected chi connectivity index (χ0v) is 13.0. The molecule has 0 unspecified atom stereocenters. The van der Waals surface area contributed by atoms with E-state index in [2.05, 4.69) is 31.9 Å². The van der Waals surface area contributed by atoms with Crippen LogP contribution >= 0.6 is 43.6 Å². The molecule has 2 rings (SSSR count). The first-order chi connectivity index (χ1) is 8.56. The van der Waals surface area contributed by atoms with E-state index in [0.717, 1.165) is 18.7 Å². The maximum Gasteiger partial charge on any atom is 0.269 e. The Morgan fingerprint density at radius 3 is 2.28 bits per heavy atom. The third kappa shape index (κ3) is 3.34. The van der Waals surface area contributed by atoms with Crippen LogP contribution < -0.4 is 0 Å². The summed E-state index contributed by atoms with van der Waals surface area (Å²) in [5.74, 6) is 0. The van der Waals surface area contributed by atoms with Crippen LogP contribution in [0.4, 0.5) is 5.69 Å². The lowest BCUT2D eigenvalue weighted by Crippen LogP contribution is -1.86. The summed E-state index contributed by atoms with van der Waals surface area (Å²) in [5, 5.41) is 10.5. The Kier molecular flexibility index (Phi) is 4.42. The number of rotatable bonds is 3. The molecular formula is C12H7Br2NO2S. The molecule has 0 fully saturated rings. The summed E-state index contributed by atoms with van der Waals surface area (Å²) in [6, 6.07) is 12.4. The number of halogens is 2. The summed E-state index contributed by atoms with van der Waals surface area (Å²) in [4.78, 5) is 12.2. The smallest absolute Gasteiger partial charge is 0.258 e. The predicted octanol–water partition coefficient (Wildman–Crippen LogP) is 5.27. The number of hydrogen-bond donors (Lipinski definition) is 0. The van der Waals surface area contributed by atoms with Crippen LogP contribution in [0.3, 0.4) is 0 Å². The van der Waals surface area contributed by atoms with Crippen molar-refractivity contribution in [2.75, 3.05) is 0 Å². The molecule has 0 heterocycles. The molecule has 0 atom stereocenters. The first-order valence-corrected chi connectivity index (χ1v) is 7.34. The Morgan fingerprint density at radius 1 is 1.06 bits per heavy atom. The molecule has 0 aromatic heterocycles. The number of nitro groups is 1. The summed E-state index contributed by atoms with van der Waals surface area (Å²) < 4.78 is 1.99. The second kappa shape index (κ2) is 5.86. The topological polar surface area (TPSA) is 43.1 Å². The molecule has 18 heavy (non-hydrogen) atoms. The van der Waals surface area contributed by atoms with Gasteiger partial charge in [0.05, 0.1) is 4.92 Å². The third-order valence-electron chi connectivity index (χ3n) is 2.17. The van der Waals surface area contributed by atoms with Crippen LogP contribution in [0.25, 0.3) is 0 Å². The van der Waals surface area contributed by atoms with Crippen LogP contribution in [0.5, 0.6) is 0 Å². The van der Waals surface area contributed by atoms with Gasteiger partial charge in [0.25, 0.3) is 5.69 Å². The van der Waals surface area contributed by atoms with Gasteiger partial charge in [0.2, 0.25) is 0 Å². The second-order valence-electron chi connectivity index (χ2n) is 3.43. The fraction of sp³-hybridized carbons (Fsp3) is 0. The Morgan fingerprint density at radius 2 is 1.72 bits per heavy atom. The number of hydrogen-bond acceptors (Lipinski definition) is 3. The van der Waals surface area contributed by atoms with Gasteiger partial charge in [-0.2, -0.15) is 0 Å². The molecule has 0 saturated carbocycles. The third-order valence-corrected chi connectivity index (χ3v) is 4.66. The summed E-state index contributed by atoms with van der Waals surface area (Å²) in [6.07, 6.45) is 0. The van der Waals surface area contributed by atoms with Gasteiger partial charge in [-0.25, -0.2) is 0 Å². The van der Waals surface area contributed by atoms with E-state index in [4.69, 9.17) is 0 Å². The normalized spacial score (nSPS) is 10.3. The van der Waals surface area contributed by atoms with Crippen LogP contribution in [0, 0.1) is 10.1 Å². The van der Waals surface area contributed by atoms with Crippen LogP contribution in [-0.4, -0.2) is 4.92 Å². The van der Waals surface area contributed by atoms with Crippen LogP contribution in [-0.2, 0) is 0 Å². The molecule has 3 nitrogen and oxygen atoms in total. The van der Waals surface area contributed by atoms with Crippen LogP contribution in [0.15, 0.2) is 61.2 Å². The van der Waals surface area contributed by atoms with Crippen LogP contribution in [0.2, 0.25) is 0 Å². The molecular weight excluding hydrogens is 382 g/mol. The van der Waals surface area contributed by atoms with Crippen molar-refractivity contribution in [3.63, 3.8) is 0 Å². The minimum atomic E-state index is -0.399. The van der Waals surface area contributed by atoms with Gasteiger partial charge in [0.15, 0.2) is 0 Å². The molecule has 0 N–H and O–H groups in total. The average molecular weight is 389 g/mol. The molecule has 0 saturated heterocycles. The van der Waals surface area contributed by atoms with Crippen molar-refractivity contribution in [2.24, 2.45) is 0 Å². The van der Waals surface area contributed by atoms with E-state index in [9.17, 15) is 10.1 Å². The minimum absolute atomic E-state index is 0.106. The maximum atomic E-state index is 10.5. The zero-order valence-electron chi connectivity index (χ0n) is 8.97. The lowest BCUT2D eigenvalue weighted by atomic mass is 10.3. The maximum absolute atomic E-state index is 10.5. The molecule has 0 aliphatic rings. The number of nitro benzene ring substituents is 1. The van der Waals surface area contributed by atoms with Gasteiger partial charge in [-0.15, -0.1) is 0 Å². The summed E-state index contributed by atoms with van der Waals surface area (Å²) in [7, 11) is 0. The predicted molar refractivity (Wildman–Crippen MR) is 79.1 cm³/mol. The fourth-order valence-electron chi connectivity index (χ4n) is 1.32. The van der Waals surface area contributed by atoms with E-state index in [-0.39, 0.29) is 5.69 Å². The molecule has 0 radical (unpaired) electrons. The monoisotopic (exact) mass is 387 g/mol. The summed E-state index contributed by atoms with van der Waals surface area (Å²) >= 11 is 8.43. The van der Waals surface area contributed by atoms with Gasteiger partial charge in [-0.3, -0.25) is 10.1 Å². The molecule has 6 heteroatoms. The largest absolute Gasteiger partial charge is 0.269 e. The summed E-state index contributed by atoms with van der Waals surface area (Å²) in [6.45, 7) is 0.